The zero-order chi connectivity index (χ0) is 22.0. The van der Waals surface area contributed by atoms with E-state index in [1.807, 2.05) is 41.9 Å². The lowest BCUT2D eigenvalue weighted by molar-refractivity contribution is 0.0990. The Hall–Kier alpha value is -2.22. The first-order valence-corrected chi connectivity index (χ1v) is 11.2. The van der Waals surface area contributed by atoms with Gasteiger partial charge in [-0.2, -0.15) is 0 Å². The predicted molar refractivity (Wildman–Crippen MR) is 125 cm³/mol. The number of hydrogen-bond donors (Lipinski definition) is 0. The molecule has 31 heavy (non-hydrogen) atoms. The van der Waals surface area contributed by atoms with Crippen LogP contribution in [0.1, 0.15) is 25.7 Å². The van der Waals surface area contributed by atoms with Gasteiger partial charge in [-0.15, -0.1) is 0 Å². The molecule has 1 aliphatic rings. The number of thiazole rings is 1. The van der Waals surface area contributed by atoms with Gasteiger partial charge in [0.1, 0.15) is 10.8 Å². The van der Waals surface area contributed by atoms with Gasteiger partial charge in [0.2, 0.25) is 0 Å². The second kappa shape index (κ2) is 7.43. The van der Waals surface area contributed by atoms with E-state index in [9.17, 15) is 9.59 Å². The fourth-order valence-corrected chi connectivity index (χ4v) is 5.41. The van der Waals surface area contributed by atoms with E-state index in [1.54, 1.807) is 0 Å². The highest BCUT2D eigenvalue weighted by Crippen LogP contribution is 2.46. The van der Waals surface area contributed by atoms with Crippen molar-refractivity contribution in [2.75, 3.05) is 0 Å². The van der Waals surface area contributed by atoms with Crippen LogP contribution in [0.4, 0.5) is 0 Å². The van der Waals surface area contributed by atoms with Gasteiger partial charge in [-0.1, -0.05) is 88.1 Å². The quantitative estimate of drug-likeness (QED) is 0.130. The number of halogens is 4. The number of aromatic nitrogens is 3. The van der Waals surface area contributed by atoms with Gasteiger partial charge in [-0.3, -0.25) is 9.59 Å². The summed E-state index contributed by atoms with van der Waals surface area (Å²) in [6.07, 6.45) is 1.42. The van der Waals surface area contributed by atoms with Crippen LogP contribution < -0.4 is 0 Å². The fourth-order valence-electron chi connectivity index (χ4n) is 3.47. The van der Waals surface area contributed by atoms with Crippen molar-refractivity contribution in [3.05, 3.63) is 72.1 Å². The molecule has 2 heterocycles. The monoisotopic (exact) mass is 507 g/mol. The Morgan fingerprint density at radius 2 is 1.45 bits per heavy atom. The molecule has 0 amide bonds. The molecule has 0 saturated heterocycles. The first-order chi connectivity index (χ1) is 14.8. The zero-order valence-corrected chi connectivity index (χ0v) is 19.4. The van der Waals surface area contributed by atoms with Crippen molar-refractivity contribution in [2.24, 2.45) is 7.05 Å². The normalized spacial score (nSPS) is 13.4. The molecule has 5 rings (SSSR count). The molecule has 0 fully saturated rings. The first-order valence-electron chi connectivity index (χ1n) is 8.85. The van der Waals surface area contributed by atoms with Crippen LogP contribution >= 0.6 is 57.7 Å². The van der Waals surface area contributed by atoms with Gasteiger partial charge in [0.05, 0.1) is 36.8 Å². The second-order valence-electron chi connectivity index (χ2n) is 6.76. The maximum absolute atomic E-state index is 12.9. The van der Waals surface area contributed by atoms with Crippen molar-refractivity contribution in [2.45, 2.75) is 0 Å². The van der Waals surface area contributed by atoms with Gasteiger partial charge >= 0.3 is 0 Å². The van der Waals surface area contributed by atoms with Gasteiger partial charge in [0.15, 0.2) is 22.0 Å². The molecule has 2 aromatic heterocycles. The molecule has 10 heteroatoms. The van der Waals surface area contributed by atoms with Crippen LogP contribution in [-0.2, 0) is 7.05 Å². The molecule has 5 nitrogen and oxygen atoms in total. The van der Waals surface area contributed by atoms with Gasteiger partial charge in [0.25, 0.3) is 0 Å². The summed E-state index contributed by atoms with van der Waals surface area (Å²) >= 11 is 25.8. The maximum Gasteiger partial charge on any atom is 0.199 e. The number of nitrogens with zero attached hydrogens (tertiary/aromatic N) is 3. The summed E-state index contributed by atoms with van der Waals surface area (Å²) in [6, 6.07) is 9.73. The minimum atomic E-state index is -0.567. The lowest BCUT2D eigenvalue weighted by Crippen LogP contribution is -2.00. The Balaban J connectivity index is 1.60. The van der Waals surface area contributed by atoms with Crippen molar-refractivity contribution < 1.29 is 9.59 Å². The summed E-state index contributed by atoms with van der Waals surface area (Å²) in [7, 11) is 1.86. The number of hydrogen-bond acceptors (Lipinski definition) is 5. The molecule has 0 radical (unpaired) electrons. The molecule has 0 bridgehead atoms. The van der Waals surface area contributed by atoms with E-state index in [2.05, 4.69) is 9.97 Å². The van der Waals surface area contributed by atoms with Crippen LogP contribution in [0.15, 0.2) is 35.9 Å². The summed E-state index contributed by atoms with van der Waals surface area (Å²) in [5, 5.41) is 0.151. The van der Waals surface area contributed by atoms with Crippen molar-refractivity contribution in [1.82, 2.24) is 14.5 Å². The first kappa shape index (κ1) is 20.7. The molecular weight excluding hydrogens is 500 g/mol. The van der Waals surface area contributed by atoms with E-state index >= 15 is 0 Å². The summed E-state index contributed by atoms with van der Waals surface area (Å²) in [5.41, 5.74) is 1.43. The number of ketones is 2. The highest BCUT2D eigenvalue weighted by Gasteiger charge is 2.39. The van der Waals surface area contributed by atoms with Gasteiger partial charge in [0, 0.05) is 12.6 Å². The molecule has 4 aromatic rings. The Labute approximate surface area is 199 Å². The average Bonchev–Trinajstić information content (AvgIpc) is 3.38. The van der Waals surface area contributed by atoms with E-state index in [-0.39, 0.29) is 36.8 Å². The smallest absolute Gasteiger partial charge is 0.199 e. The molecule has 0 N–H and O–H groups in total. The van der Waals surface area contributed by atoms with Crippen molar-refractivity contribution in [3.63, 3.8) is 0 Å². The van der Waals surface area contributed by atoms with Crippen LogP contribution in [0.25, 0.3) is 27.9 Å². The lowest BCUT2D eigenvalue weighted by atomic mass is 10.1. The van der Waals surface area contributed by atoms with E-state index in [4.69, 9.17) is 46.4 Å². The third-order valence-electron chi connectivity index (χ3n) is 4.96. The zero-order valence-electron chi connectivity index (χ0n) is 15.5. The van der Waals surface area contributed by atoms with Crippen LogP contribution in [0, 0.1) is 0 Å². The van der Waals surface area contributed by atoms with Gasteiger partial charge in [-0.25, -0.2) is 9.97 Å². The second-order valence-corrected chi connectivity index (χ2v) is 9.28. The number of aryl methyl sites for hydroxylation is 1. The van der Waals surface area contributed by atoms with Crippen molar-refractivity contribution in [3.8, 4) is 11.4 Å². The number of carbonyl (C=O) groups excluding carboxylic acids is 2. The standard InChI is InChI=1S/C21H9Cl4N3O2S/c1-28-19(8-5-3-2-4-6-8)27-21-20(28)26-10(31-21)7-9-17(29)11-12(18(9)30)14(23)16(25)15(24)13(11)22/h2-7H,1H3. The number of allylic oxidation sites excluding steroid dienone is 1. The molecule has 1 aliphatic carbocycles. The maximum atomic E-state index is 12.9. The minimum Gasteiger partial charge on any atom is -0.311 e. The summed E-state index contributed by atoms with van der Waals surface area (Å²) in [6.45, 7) is 0. The molecule has 0 spiro atoms. The third kappa shape index (κ3) is 3.05. The van der Waals surface area contributed by atoms with Gasteiger partial charge < -0.3 is 4.57 Å². The Kier molecular flexibility index (Phi) is 4.95. The fraction of sp³-hybridized carbons (Fsp3) is 0.0476. The molecule has 0 atom stereocenters. The number of rotatable bonds is 2. The summed E-state index contributed by atoms with van der Waals surface area (Å²) < 4.78 is 1.86. The number of carbonyl (C=O) groups is 2. The third-order valence-corrected chi connectivity index (χ3v) is 7.65. The molecule has 0 aliphatic heterocycles. The van der Waals surface area contributed by atoms with Crippen molar-refractivity contribution >= 4 is 85.9 Å². The lowest BCUT2D eigenvalue weighted by Gasteiger charge is -2.07. The number of Topliss-reactive ketones (excluding diaryl/α,β-unsaturated/α-hetero) is 2. The highest BCUT2D eigenvalue weighted by atomic mass is 35.5. The molecular formula is C21H9Cl4N3O2S. The number of fused-ring (bicyclic) bond motifs is 2. The van der Waals surface area contributed by atoms with Crippen LogP contribution in [-0.4, -0.2) is 26.1 Å². The van der Waals surface area contributed by atoms with Crippen LogP contribution in [0.2, 0.25) is 20.1 Å². The Morgan fingerprint density at radius 1 is 0.871 bits per heavy atom. The van der Waals surface area contributed by atoms with E-state index in [0.29, 0.717) is 15.5 Å². The molecule has 2 aromatic carbocycles. The predicted octanol–water partition coefficient (Wildman–Crippen LogP) is 6.77. The minimum absolute atomic E-state index is 0.0390. The van der Waals surface area contributed by atoms with E-state index < -0.39 is 11.6 Å². The molecule has 0 saturated carbocycles. The largest absolute Gasteiger partial charge is 0.311 e. The average molecular weight is 509 g/mol. The number of benzene rings is 2. The van der Waals surface area contributed by atoms with E-state index in [1.165, 1.54) is 17.4 Å². The van der Waals surface area contributed by atoms with Crippen LogP contribution in [0.3, 0.4) is 0 Å². The van der Waals surface area contributed by atoms with E-state index in [0.717, 1.165) is 11.4 Å². The Bertz CT molecular complexity index is 1420. The SMILES string of the molecule is Cn1c(-c2ccccc2)nc2sc(C=C3C(=O)c4c(Cl)c(Cl)c(Cl)c(Cl)c4C3=O)nc21. The number of imidazole rings is 1. The van der Waals surface area contributed by atoms with Crippen molar-refractivity contribution in [1.29, 1.82) is 0 Å². The molecule has 154 valence electrons. The molecule has 0 unspecified atom stereocenters. The Morgan fingerprint density at radius 3 is 2.00 bits per heavy atom. The summed E-state index contributed by atoms with van der Waals surface area (Å²) in [5.74, 6) is -0.359. The topological polar surface area (TPSA) is 64.8 Å². The highest BCUT2D eigenvalue weighted by molar-refractivity contribution is 7.19. The summed E-state index contributed by atoms with van der Waals surface area (Å²) in [4.78, 5) is 35.7. The van der Waals surface area contributed by atoms with Gasteiger partial charge in [-0.05, 0) is 6.08 Å². The van der Waals surface area contributed by atoms with Crippen LogP contribution in [0.5, 0.6) is 0 Å².